The molecule has 0 radical (unpaired) electrons. The van der Waals surface area contributed by atoms with Crippen molar-refractivity contribution in [3.63, 3.8) is 0 Å². The van der Waals surface area contributed by atoms with Crippen LogP contribution in [-0.4, -0.2) is 45.6 Å². The van der Waals surface area contributed by atoms with Crippen LogP contribution in [0.1, 0.15) is 55.0 Å². The highest BCUT2D eigenvalue weighted by atomic mass is 16.7. The summed E-state index contributed by atoms with van der Waals surface area (Å²) < 4.78 is 11.1. The normalized spacial score (nSPS) is 24.5. The van der Waals surface area contributed by atoms with E-state index in [2.05, 4.69) is 11.1 Å². The molecule has 4 heterocycles. The first kappa shape index (κ1) is 19.0. The van der Waals surface area contributed by atoms with E-state index in [4.69, 9.17) is 9.47 Å². The summed E-state index contributed by atoms with van der Waals surface area (Å²) in [6.45, 7) is 0.195. The van der Waals surface area contributed by atoms with Crippen LogP contribution in [0.15, 0.2) is 42.5 Å². The molecule has 3 aromatic rings. The Bertz CT molecular complexity index is 1290. The number of urea groups is 1. The van der Waals surface area contributed by atoms with Crippen LogP contribution in [0.4, 0.5) is 4.79 Å². The molecular weight excluding hydrogens is 418 g/mol. The minimum atomic E-state index is -0.485. The van der Waals surface area contributed by atoms with Crippen LogP contribution in [0, 0.1) is 0 Å². The third-order valence-electron chi connectivity index (χ3n) is 7.73. The van der Waals surface area contributed by atoms with E-state index < -0.39 is 6.04 Å². The van der Waals surface area contributed by atoms with E-state index in [0.29, 0.717) is 17.9 Å². The maximum absolute atomic E-state index is 13.9. The van der Waals surface area contributed by atoms with Gasteiger partial charge in [-0.1, -0.05) is 43.5 Å². The summed E-state index contributed by atoms with van der Waals surface area (Å²) in [7, 11) is 0. The summed E-state index contributed by atoms with van der Waals surface area (Å²) in [6, 6.07) is 13.0. The fourth-order valence-electron chi connectivity index (χ4n) is 6.20. The molecule has 2 aromatic carbocycles. The maximum Gasteiger partial charge on any atom is 0.328 e. The second-order valence-corrected chi connectivity index (χ2v) is 9.49. The molecule has 1 N–H and O–H groups in total. The number of aromatic amines is 1. The first-order valence-corrected chi connectivity index (χ1v) is 11.8. The Kier molecular flexibility index (Phi) is 4.04. The zero-order valence-corrected chi connectivity index (χ0v) is 18.3. The van der Waals surface area contributed by atoms with Crippen molar-refractivity contribution >= 4 is 22.8 Å². The molecule has 7 heteroatoms. The minimum Gasteiger partial charge on any atom is -0.454 e. The highest BCUT2D eigenvalue weighted by Gasteiger charge is 2.54. The number of aromatic nitrogens is 1. The Labute approximate surface area is 191 Å². The molecule has 1 unspecified atom stereocenters. The van der Waals surface area contributed by atoms with Crippen LogP contribution >= 0.6 is 0 Å². The lowest BCUT2D eigenvalue weighted by Crippen LogP contribution is -2.44. The minimum absolute atomic E-state index is 0.0110. The van der Waals surface area contributed by atoms with E-state index >= 15 is 0 Å². The zero-order chi connectivity index (χ0) is 22.1. The number of benzene rings is 2. The smallest absolute Gasteiger partial charge is 0.328 e. The van der Waals surface area contributed by atoms with Gasteiger partial charge in [-0.25, -0.2) is 4.79 Å². The molecule has 7 nitrogen and oxygen atoms in total. The van der Waals surface area contributed by atoms with Crippen molar-refractivity contribution in [2.75, 3.05) is 6.79 Å². The van der Waals surface area contributed by atoms with Crippen LogP contribution in [0.5, 0.6) is 11.5 Å². The molecule has 1 aliphatic carbocycles. The van der Waals surface area contributed by atoms with E-state index in [1.165, 1.54) is 6.42 Å². The van der Waals surface area contributed by atoms with Gasteiger partial charge >= 0.3 is 6.03 Å². The number of hydrogen-bond acceptors (Lipinski definition) is 4. The van der Waals surface area contributed by atoms with Gasteiger partial charge in [0.15, 0.2) is 11.5 Å². The van der Waals surface area contributed by atoms with Gasteiger partial charge in [0.05, 0.1) is 0 Å². The number of ether oxygens (including phenoxy) is 2. The monoisotopic (exact) mass is 443 g/mol. The number of hydrogen-bond donors (Lipinski definition) is 1. The number of amides is 3. The van der Waals surface area contributed by atoms with Crippen molar-refractivity contribution in [1.29, 1.82) is 0 Å². The summed E-state index contributed by atoms with van der Waals surface area (Å²) in [5, 5.41) is 1.12. The molecule has 168 valence electrons. The molecule has 0 spiro atoms. The number of para-hydroxylation sites is 1. The Morgan fingerprint density at radius 1 is 0.939 bits per heavy atom. The molecule has 1 aromatic heterocycles. The highest BCUT2D eigenvalue weighted by molar-refractivity contribution is 6.06. The molecule has 4 aliphatic rings. The highest BCUT2D eigenvalue weighted by Crippen LogP contribution is 2.46. The number of carbonyl (C=O) groups excluding carboxylic acids is 2. The molecule has 3 aliphatic heterocycles. The zero-order valence-electron chi connectivity index (χ0n) is 18.3. The van der Waals surface area contributed by atoms with Gasteiger partial charge < -0.3 is 14.5 Å². The Morgan fingerprint density at radius 3 is 2.64 bits per heavy atom. The van der Waals surface area contributed by atoms with Crippen LogP contribution in [0.2, 0.25) is 0 Å². The molecule has 3 amide bonds. The molecule has 33 heavy (non-hydrogen) atoms. The van der Waals surface area contributed by atoms with E-state index in [9.17, 15) is 9.59 Å². The average molecular weight is 444 g/mol. The lowest BCUT2D eigenvalue weighted by molar-refractivity contribution is -0.130. The topological polar surface area (TPSA) is 74.9 Å². The summed E-state index contributed by atoms with van der Waals surface area (Å²) in [5.74, 6) is 1.33. The number of carbonyl (C=O) groups is 2. The van der Waals surface area contributed by atoms with Crippen LogP contribution in [0.25, 0.3) is 10.9 Å². The van der Waals surface area contributed by atoms with Crippen LogP contribution < -0.4 is 9.47 Å². The number of nitrogens with one attached hydrogen (secondary N) is 1. The lowest BCUT2D eigenvalue weighted by atomic mass is 9.88. The van der Waals surface area contributed by atoms with E-state index in [1.54, 1.807) is 4.90 Å². The second-order valence-electron chi connectivity index (χ2n) is 9.49. The third-order valence-corrected chi connectivity index (χ3v) is 7.73. The fourth-order valence-corrected chi connectivity index (χ4v) is 6.20. The van der Waals surface area contributed by atoms with Crippen molar-refractivity contribution in [2.45, 2.75) is 56.7 Å². The first-order valence-electron chi connectivity index (χ1n) is 11.8. The predicted molar refractivity (Wildman–Crippen MR) is 121 cm³/mol. The summed E-state index contributed by atoms with van der Waals surface area (Å²) in [4.78, 5) is 34.5. The Hall–Kier alpha value is -3.48. The molecule has 1 saturated heterocycles. The van der Waals surface area contributed by atoms with Gasteiger partial charge in [0.2, 0.25) is 6.79 Å². The molecule has 7 rings (SSSR count). The van der Waals surface area contributed by atoms with Crippen molar-refractivity contribution in [3.8, 4) is 11.5 Å². The number of rotatable bonds is 2. The quantitative estimate of drug-likeness (QED) is 0.592. The number of fused-ring (bicyclic) bond motifs is 5. The van der Waals surface area contributed by atoms with E-state index in [1.807, 2.05) is 41.3 Å². The number of imide groups is 1. The van der Waals surface area contributed by atoms with Gasteiger partial charge in [0, 0.05) is 29.1 Å². The third kappa shape index (κ3) is 2.68. The summed E-state index contributed by atoms with van der Waals surface area (Å²) >= 11 is 0. The van der Waals surface area contributed by atoms with E-state index in [-0.39, 0.29) is 30.8 Å². The van der Waals surface area contributed by atoms with Crippen LogP contribution in [0.3, 0.4) is 0 Å². The van der Waals surface area contributed by atoms with Gasteiger partial charge in [0.1, 0.15) is 12.1 Å². The van der Waals surface area contributed by atoms with Gasteiger partial charge in [-0.05, 0) is 42.2 Å². The van der Waals surface area contributed by atoms with Gasteiger partial charge in [-0.15, -0.1) is 0 Å². The maximum atomic E-state index is 13.9. The van der Waals surface area contributed by atoms with Gasteiger partial charge in [-0.2, -0.15) is 0 Å². The predicted octanol–water partition coefficient (Wildman–Crippen LogP) is 4.51. The Morgan fingerprint density at radius 2 is 1.76 bits per heavy atom. The molecular formula is C26H25N3O4. The standard InChI is InChI=1S/C26H25N3O4/c30-25-20-13-18-17-8-4-5-9-19(17)27-23(18)24(15-10-11-21-22(12-15)33-14-32-21)29(20)26(31)28(25)16-6-2-1-3-7-16/h4-5,8-12,16,20,24,27H,1-3,6-7,13-14H2/t20?,24-/m1/s1. The lowest BCUT2D eigenvalue weighted by Gasteiger charge is -2.36. The summed E-state index contributed by atoms with van der Waals surface area (Å²) in [5.41, 5.74) is 4.06. The van der Waals surface area contributed by atoms with E-state index in [0.717, 1.165) is 53.4 Å². The summed E-state index contributed by atoms with van der Waals surface area (Å²) in [6.07, 6.45) is 5.66. The average Bonchev–Trinajstić information content (AvgIpc) is 3.53. The fraction of sp³-hybridized carbons (Fsp3) is 0.385. The SMILES string of the molecule is O=C1C2Cc3c([nH]c4ccccc34)[C@@H](c3ccc4c(c3)OCO4)N2C(=O)N1C1CCCCC1. The number of H-pyrrole nitrogens is 1. The van der Waals surface area contributed by atoms with Crippen molar-refractivity contribution in [2.24, 2.45) is 0 Å². The van der Waals surface area contributed by atoms with Crippen LogP contribution in [-0.2, 0) is 11.2 Å². The Balaban J connectivity index is 1.39. The molecule has 0 bridgehead atoms. The van der Waals surface area contributed by atoms with Gasteiger partial charge in [0.25, 0.3) is 5.91 Å². The van der Waals surface area contributed by atoms with Gasteiger partial charge in [-0.3, -0.25) is 14.6 Å². The second kappa shape index (κ2) is 7.01. The first-order chi connectivity index (χ1) is 16.2. The molecule has 1 saturated carbocycles. The van der Waals surface area contributed by atoms with Crippen molar-refractivity contribution in [1.82, 2.24) is 14.8 Å². The molecule has 2 atom stereocenters. The number of nitrogens with zero attached hydrogens (tertiary/aromatic N) is 2. The molecule has 2 fully saturated rings. The van der Waals surface area contributed by atoms with Crippen molar-refractivity contribution in [3.05, 3.63) is 59.3 Å². The largest absolute Gasteiger partial charge is 0.454 e. The van der Waals surface area contributed by atoms with Crippen molar-refractivity contribution < 1.29 is 19.1 Å².